The van der Waals surface area contributed by atoms with Gasteiger partial charge in [-0.3, -0.25) is 4.90 Å². The lowest BCUT2D eigenvalue weighted by atomic mass is 10.2. The average Bonchev–Trinajstić information content (AvgIpc) is 3.13. The summed E-state index contributed by atoms with van der Waals surface area (Å²) in [6.45, 7) is 3.26. The van der Waals surface area contributed by atoms with Gasteiger partial charge in [0.25, 0.3) is 0 Å². The fraction of sp³-hybridized carbons (Fsp3) is 0.533. The van der Waals surface area contributed by atoms with Crippen molar-refractivity contribution < 1.29 is 4.74 Å². The molecule has 0 radical (unpaired) electrons. The first-order valence-electron chi connectivity index (χ1n) is 7.40. The van der Waals surface area contributed by atoms with E-state index in [1.54, 1.807) is 0 Å². The maximum Gasteiger partial charge on any atom is 0.165 e. The molecule has 1 aliphatic heterocycles. The van der Waals surface area contributed by atoms with Crippen molar-refractivity contribution in [3.8, 4) is 0 Å². The van der Waals surface area contributed by atoms with Gasteiger partial charge in [0.1, 0.15) is 0 Å². The SMILES string of the molecule is CN(Cc1nnnn1Cc1ccccc1)CC1CCCO1. The number of nitrogens with zero attached hydrogens (tertiary/aromatic N) is 5. The Morgan fingerprint density at radius 2 is 2.19 bits per heavy atom. The van der Waals surface area contributed by atoms with Gasteiger partial charge in [-0.05, 0) is 35.9 Å². The van der Waals surface area contributed by atoms with E-state index in [1.807, 2.05) is 22.9 Å². The third-order valence-electron chi connectivity index (χ3n) is 3.73. The lowest BCUT2D eigenvalue weighted by Gasteiger charge is -2.19. The number of tetrazole rings is 1. The molecule has 21 heavy (non-hydrogen) atoms. The Hall–Kier alpha value is -1.79. The highest BCUT2D eigenvalue weighted by Crippen LogP contribution is 2.13. The lowest BCUT2D eigenvalue weighted by molar-refractivity contribution is 0.0782. The van der Waals surface area contributed by atoms with E-state index in [4.69, 9.17) is 4.74 Å². The van der Waals surface area contributed by atoms with Gasteiger partial charge in [-0.25, -0.2) is 4.68 Å². The summed E-state index contributed by atoms with van der Waals surface area (Å²) >= 11 is 0. The molecule has 0 amide bonds. The summed E-state index contributed by atoms with van der Waals surface area (Å²) in [5.41, 5.74) is 1.20. The summed E-state index contributed by atoms with van der Waals surface area (Å²) < 4.78 is 7.53. The molecule has 1 aromatic heterocycles. The van der Waals surface area contributed by atoms with E-state index in [-0.39, 0.29) is 0 Å². The van der Waals surface area contributed by atoms with Crippen LogP contribution in [0.15, 0.2) is 30.3 Å². The Kier molecular flexibility index (Phi) is 4.57. The minimum Gasteiger partial charge on any atom is -0.377 e. The Morgan fingerprint density at radius 1 is 1.33 bits per heavy atom. The molecule has 112 valence electrons. The zero-order valence-corrected chi connectivity index (χ0v) is 12.4. The summed E-state index contributed by atoms with van der Waals surface area (Å²) in [5, 5.41) is 12.0. The van der Waals surface area contributed by atoms with Gasteiger partial charge < -0.3 is 4.74 Å². The molecule has 1 aliphatic rings. The third kappa shape index (κ3) is 3.86. The molecule has 0 saturated carbocycles. The van der Waals surface area contributed by atoms with Gasteiger partial charge in [-0.1, -0.05) is 30.3 Å². The van der Waals surface area contributed by atoms with E-state index in [1.165, 1.54) is 12.0 Å². The van der Waals surface area contributed by atoms with Crippen molar-refractivity contribution in [1.29, 1.82) is 0 Å². The van der Waals surface area contributed by atoms with E-state index in [9.17, 15) is 0 Å². The molecule has 0 N–H and O–H groups in total. The molecule has 2 aromatic rings. The lowest BCUT2D eigenvalue weighted by Crippen LogP contribution is -2.29. The molecule has 0 spiro atoms. The van der Waals surface area contributed by atoms with E-state index >= 15 is 0 Å². The van der Waals surface area contributed by atoms with Gasteiger partial charge in [0, 0.05) is 13.2 Å². The number of benzene rings is 1. The molecule has 1 fully saturated rings. The van der Waals surface area contributed by atoms with Crippen LogP contribution in [0.3, 0.4) is 0 Å². The van der Waals surface area contributed by atoms with E-state index in [0.29, 0.717) is 12.6 Å². The molecule has 2 heterocycles. The highest BCUT2D eigenvalue weighted by Gasteiger charge is 2.18. The zero-order chi connectivity index (χ0) is 14.5. The van der Waals surface area contributed by atoms with Gasteiger partial charge >= 0.3 is 0 Å². The summed E-state index contributed by atoms with van der Waals surface area (Å²) in [4.78, 5) is 2.23. The van der Waals surface area contributed by atoms with E-state index in [2.05, 4.69) is 39.6 Å². The van der Waals surface area contributed by atoms with Crippen molar-refractivity contribution in [3.63, 3.8) is 0 Å². The number of hydrogen-bond acceptors (Lipinski definition) is 5. The third-order valence-corrected chi connectivity index (χ3v) is 3.73. The molecule has 0 aliphatic carbocycles. The summed E-state index contributed by atoms with van der Waals surface area (Å²) in [6, 6.07) is 10.2. The van der Waals surface area contributed by atoms with Crippen molar-refractivity contribution in [2.75, 3.05) is 20.2 Å². The minimum atomic E-state index is 0.355. The molecule has 0 bridgehead atoms. The van der Waals surface area contributed by atoms with Crippen LogP contribution in [0.4, 0.5) is 0 Å². The molecular formula is C15H21N5O. The second kappa shape index (κ2) is 6.78. The maximum atomic E-state index is 5.67. The van der Waals surface area contributed by atoms with Crippen LogP contribution in [0.2, 0.25) is 0 Å². The van der Waals surface area contributed by atoms with Crippen molar-refractivity contribution in [2.45, 2.75) is 32.0 Å². The largest absolute Gasteiger partial charge is 0.377 e. The van der Waals surface area contributed by atoms with Crippen LogP contribution in [0.5, 0.6) is 0 Å². The standard InChI is InChI=1S/C15H21N5O/c1-19(11-14-8-5-9-21-14)12-15-16-17-18-20(15)10-13-6-3-2-4-7-13/h2-4,6-7,14H,5,8-12H2,1H3. The van der Waals surface area contributed by atoms with Crippen molar-refractivity contribution in [2.24, 2.45) is 0 Å². The first-order chi connectivity index (χ1) is 10.3. The van der Waals surface area contributed by atoms with Gasteiger partial charge in [0.2, 0.25) is 0 Å². The normalized spacial score (nSPS) is 18.5. The fourth-order valence-corrected chi connectivity index (χ4v) is 2.66. The van der Waals surface area contributed by atoms with Gasteiger partial charge in [-0.15, -0.1) is 5.10 Å². The Balaban J connectivity index is 1.59. The van der Waals surface area contributed by atoms with Crippen LogP contribution >= 0.6 is 0 Å². The number of likely N-dealkylation sites (N-methyl/N-ethyl adjacent to an activating group) is 1. The molecule has 1 saturated heterocycles. The number of ether oxygens (including phenoxy) is 1. The summed E-state index contributed by atoms with van der Waals surface area (Å²) in [7, 11) is 2.09. The zero-order valence-electron chi connectivity index (χ0n) is 12.4. The Bertz CT molecular complexity index is 550. The number of rotatable bonds is 6. The van der Waals surface area contributed by atoms with E-state index < -0.39 is 0 Å². The molecule has 1 atom stereocenters. The number of aromatic nitrogens is 4. The van der Waals surface area contributed by atoms with Gasteiger partial charge in [-0.2, -0.15) is 0 Å². The number of hydrogen-bond donors (Lipinski definition) is 0. The fourth-order valence-electron chi connectivity index (χ4n) is 2.66. The maximum absolute atomic E-state index is 5.67. The monoisotopic (exact) mass is 287 g/mol. The summed E-state index contributed by atoms with van der Waals surface area (Å²) in [5.74, 6) is 0.888. The second-order valence-corrected chi connectivity index (χ2v) is 5.57. The highest BCUT2D eigenvalue weighted by molar-refractivity contribution is 5.14. The Labute approximate surface area is 124 Å². The van der Waals surface area contributed by atoms with Crippen LogP contribution in [0, 0.1) is 0 Å². The van der Waals surface area contributed by atoms with Crippen molar-refractivity contribution >= 4 is 0 Å². The van der Waals surface area contributed by atoms with E-state index in [0.717, 1.165) is 31.9 Å². The molecule has 1 unspecified atom stereocenters. The summed E-state index contributed by atoms with van der Waals surface area (Å²) in [6.07, 6.45) is 2.68. The van der Waals surface area contributed by atoms with Crippen molar-refractivity contribution in [1.82, 2.24) is 25.1 Å². The predicted octanol–water partition coefficient (Wildman–Crippen LogP) is 1.33. The predicted molar refractivity (Wildman–Crippen MR) is 78.7 cm³/mol. The van der Waals surface area contributed by atoms with Crippen LogP contribution in [-0.4, -0.2) is 51.4 Å². The Morgan fingerprint density at radius 3 is 2.95 bits per heavy atom. The first-order valence-corrected chi connectivity index (χ1v) is 7.40. The minimum absolute atomic E-state index is 0.355. The van der Waals surface area contributed by atoms with Crippen LogP contribution in [0.1, 0.15) is 24.2 Å². The molecule has 1 aromatic carbocycles. The quantitative estimate of drug-likeness (QED) is 0.802. The van der Waals surface area contributed by atoms with Gasteiger partial charge in [0.05, 0.1) is 19.2 Å². The molecule has 6 nitrogen and oxygen atoms in total. The molecule has 6 heteroatoms. The topological polar surface area (TPSA) is 56.1 Å². The second-order valence-electron chi connectivity index (χ2n) is 5.57. The highest BCUT2D eigenvalue weighted by atomic mass is 16.5. The van der Waals surface area contributed by atoms with Crippen LogP contribution in [-0.2, 0) is 17.8 Å². The molecular weight excluding hydrogens is 266 g/mol. The van der Waals surface area contributed by atoms with Crippen LogP contribution < -0.4 is 0 Å². The van der Waals surface area contributed by atoms with Crippen LogP contribution in [0.25, 0.3) is 0 Å². The van der Waals surface area contributed by atoms with Crippen molar-refractivity contribution in [3.05, 3.63) is 41.7 Å². The smallest absolute Gasteiger partial charge is 0.165 e. The molecule has 3 rings (SSSR count). The average molecular weight is 287 g/mol. The van der Waals surface area contributed by atoms with Gasteiger partial charge in [0.15, 0.2) is 5.82 Å². The first kappa shape index (κ1) is 14.2.